The molecule has 2 aromatic rings. The minimum absolute atomic E-state index is 0.139. The van der Waals surface area contributed by atoms with Crippen molar-refractivity contribution in [3.8, 4) is 0 Å². The van der Waals surface area contributed by atoms with Gasteiger partial charge in [-0.25, -0.2) is 9.97 Å². The molecule has 2 aromatic heterocycles. The van der Waals surface area contributed by atoms with Crippen LogP contribution in [0.15, 0.2) is 30.9 Å². The van der Waals surface area contributed by atoms with Crippen LogP contribution >= 0.6 is 0 Å². The van der Waals surface area contributed by atoms with Crippen LogP contribution in [0.4, 0.5) is 23.0 Å². The van der Waals surface area contributed by atoms with Crippen LogP contribution in [0.1, 0.15) is 0 Å². The summed E-state index contributed by atoms with van der Waals surface area (Å²) in [7, 11) is 0. The van der Waals surface area contributed by atoms with E-state index in [0.29, 0.717) is 25.4 Å². The molecule has 0 aliphatic carbocycles. The lowest BCUT2D eigenvalue weighted by Crippen LogP contribution is -2.39. The van der Waals surface area contributed by atoms with E-state index in [1.807, 2.05) is 0 Å². The maximum atomic E-state index is 11.5. The number of rotatable bonds is 7. The second-order valence-electron chi connectivity index (χ2n) is 5.42. The average Bonchev–Trinajstić information content (AvgIpc) is 2.63. The standard InChI is InChI=1S/C15H19N7O3/c23-22(24)13-14(17-5-6-21-7-9-25-10-8-21)18-11-19-15(13)20-12-1-3-16-4-2-12/h1-4,11H,5-10H2,(H2,16,17,18,19,20). The van der Waals surface area contributed by atoms with E-state index in [4.69, 9.17) is 4.74 Å². The molecular formula is C15H19N7O3. The highest BCUT2D eigenvalue weighted by atomic mass is 16.6. The van der Waals surface area contributed by atoms with Crippen LogP contribution < -0.4 is 10.6 Å². The Kier molecular flexibility index (Phi) is 5.65. The molecule has 0 unspecified atom stereocenters. The second kappa shape index (κ2) is 8.31. The lowest BCUT2D eigenvalue weighted by atomic mass is 10.3. The molecule has 1 saturated heterocycles. The zero-order chi connectivity index (χ0) is 17.5. The number of ether oxygens (including phenoxy) is 1. The molecule has 10 nitrogen and oxygen atoms in total. The first-order chi connectivity index (χ1) is 12.2. The molecule has 0 spiro atoms. The van der Waals surface area contributed by atoms with E-state index < -0.39 is 4.92 Å². The van der Waals surface area contributed by atoms with Crippen LogP contribution in [-0.4, -0.2) is 64.2 Å². The van der Waals surface area contributed by atoms with Crippen molar-refractivity contribution in [3.63, 3.8) is 0 Å². The molecule has 0 bridgehead atoms. The maximum Gasteiger partial charge on any atom is 0.353 e. The van der Waals surface area contributed by atoms with Gasteiger partial charge < -0.3 is 15.4 Å². The van der Waals surface area contributed by atoms with E-state index in [0.717, 1.165) is 19.6 Å². The Hall–Kier alpha value is -2.85. The summed E-state index contributed by atoms with van der Waals surface area (Å²) in [5, 5.41) is 17.5. The number of anilines is 3. The van der Waals surface area contributed by atoms with Crippen LogP contribution in [-0.2, 0) is 4.74 Å². The highest BCUT2D eigenvalue weighted by molar-refractivity contribution is 5.73. The summed E-state index contributed by atoms with van der Waals surface area (Å²) in [6, 6.07) is 3.41. The molecule has 1 fully saturated rings. The molecule has 25 heavy (non-hydrogen) atoms. The van der Waals surface area contributed by atoms with E-state index in [1.165, 1.54) is 6.33 Å². The van der Waals surface area contributed by atoms with Gasteiger partial charge in [-0.3, -0.25) is 20.0 Å². The molecule has 1 aliphatic heterocycles. The largest absolute Gasteiger partial charge is 0.379 e. The fourth-order valence-electron chi connectivity index (χ4n) is 2.50. The third kappa shape index (κ3) is 4.58. The molecule has 3 rings (SSSR count). The van der Waals surface area contributed by atoms with E-state index in [-0.39, 0.29) is 17.3 Å². The monoisotopic (exact) mass is 345 g/mol. The van der Waals surface area contributed by atoms with Crippen LogP contribution in [0.5, 0.6) is 0 Å². The van der Waals surface area contributed by atoms with Gasteiger partial charge in [0, 0.05) is 44.3 Å². The number of nitro groups is 1. The summed E-state index contributed by atoms with van der Waals surface area (Å²) in [5.74, 6) is 0.338. The first kappa shape index (κ1) is 17.0. The van der Waals surface area contributed by atoms with Gasteiger partial charge in [0.2, 0.25) is 11.6 Å². The number of aromatic nitrogens is 3. The summed E-state index contributed by atoms with van der Waals surface area (Å²) in [6.07, 6.45) is 4.49. The summed E-state index contributed by atoms with van der Waals surface area (Å²) in [4.78, 5) is 25.2. The zero-order valence-corrected chi connectivity index (χ0v) is 13.6. The highest BCUT2D eigenvalue weighted by Crippen LogP contribution is 2.30. The van der Waals surface area contributed by atoms with Gasteiger partial charge >= 0.3 is 5.69 Å². The Balaban J connectivity index is 1.70. The summed E-state index contributed by atoms with van der Waals surface area (Å²) >= 11 is 0. The molecular weight excluding hydrogens is 326 g/mol. The summed E-state index contributed by atoms with van der Waals surface area (Å²) in [6.45, 7) is 4.47. The number of hydrogen-bond donors (Lipinski definition) is 2. The fraction of sp³-hybridized carbons (Fsp3) is 0.400. The van der Waals surface area contributed by atoms with E-state index in [9.17, 15) is 10.1 Å². The molecule has 2 N–H and O–H groups in total. The van der Waals surface area contributed by atoms with Crippen molar-refractivity contribution in [3.05, 3.63) is 41.0 Å². The normalized spacial score (nSPS) is 14.9. The quantitative estimate of drug-likeness (QED) is 0.564. The number of nitrogens with one attached hydrogen (secondary N) is 2. The number of pyridine rings is 1. The van der Waals surface area contributed by atoms with Crippen LogP contribution in [0.3, 0.4) is 0 Å². The predicted molar refractivity (Wildman–Crippen MR) is 92.0 cm³/mol. The maximum absolute atomic E-state index is 11.5. The van der Waals surface area contributed by atoms with Crippen molar-refractivity contribution in [2.24, 2.45) is 0 Å². The van der Waals surface area contributed by atoms with Gasteiger partial charge in [-0.2, -0.15) is 0 Å². The molecule has 0 aromatic carbocycles. The van der Waals surface area contributed by atoms with Crippen molar-refractivity contribution in [1.29, 1.82) is 0 Å². The Labute approximate surface area is 144 Å². The fourth-order valence-corrected chi connectivity index (χ4v) is 2.50. The molecule has 0 saturated carbocycles. The first-order valence-corrected chi connectivity index (χ1v) is 7.94. The smallest absolute Gasteiger partial charge is 0.353 e. The van der Waals surface area contributed by atoms with Crippen molar-refractivity contribution in [1.82, 2.24) is 19.9 Å². The minimum Gasteiger partial charge on any atom is -0.379 e. The Morgan fingerprint density at radius 2 is 1.92 bits per heavy atom. The lowest BCUT2D eigenvalue weighted by Gasteiger charge is -2.26. The van der Waals surface area contributed by atoms with Gasteiger partial charge in [-0.1, -0.05) is 0 Å². The van der Waals surface area contributed by atoms with E-state index in [1.54, 1.807) is 24.5 Å². The minimum atomic E-state index is -0.486. The third-order valence-electron chi connectivity index (χ3n) is 3.77. The Bertz CT molecular complexity index is 708. The van der Waals surface area contributed by atoms with Crippen molar-refractivity contribution in [2.75, 3.05) is 50.0 Å². The molecule has 1 aliphatic rings. The van der Waals surface area contributed by atoms with Gasteiger partial charge in [0.15, 0.2) is 0 Å². The second-order valence-corrected chi connectivity index (χ2v) is 5.42. The van der Waals surface area contributed by atoms with Gasteiger partial charge in [0.05, 0.1) is 18.1 Å². The van der Waals surface area contributed by atoms with Crippen molar-refractivity contribution < 1.29 is 9.66 Å². The van der Waals surface area contributed by atoms with Crippen molar-refractivity contribution >= 4 is 23.0 Å². The number of nitrogens with zero attached hydrogens (tertiary/aromatic N) is 5. The Morgan fingerprint density at radius 1 is 1.20 bits per heavy atom. The molecule has 0 atom stereocenters. The molecule has 0 amide bonds. The molecule has 3 heterocycles. The average molecular weight is 345 g/mol. The zero-order valence-electron chi connectivity index (χ0n) is 13.6. The van der Waals surface area contributed by atoms with Gasteiger partial charge in [-0.15, -0.1) is 0 Å². The van der Waals surface area contributed by atoms with E-state index in [2.05, 4.69) is 30.5 Å². The van der Waals surface area contributed by atoms with Crippen LogP contribution in [0, 0.1) is 10.1 Å². The highest BCUT2D eigenvalue weighted by Gasteiger charge is 2.23. The van der Waals surface area contributed by atoms with Gasteiger partial charge in [0.25, 0.3) is 0 Å². The first-order valence-electron chi connectivity index (χ1n) is 7.94. The molecule has 132 valence electrons. The van der Waals surface area contributed by atoms with Gasteiger partial charge in [0.1, 0.15) is 6.33 Å². The molecule has 0 radical (unpaired) electrons. The van der Waals surface area contributed by atoms with Gasteiger partial charge in [-0.05, 0) is 12.1 Å². The summed E-state index contributed by atoms with van der Waals surface area (Å²) in [5.41, 5.74) is 0.484. The van der Waals surface area contributed by atoms with E-state index >= 15 is 0 Å². The number of morpholine rings is 1. The topological polar surface area (TPSA) is 118 Å². The number of hydrogen-bond acceptors (Lipinski definition) is 9. The summed E-state index contributed by atoms with van der Waals surface area (Å²) < 4.78 is 5.30. The van der Waals surface area contributed by atoms with Crippen LogP contribution in [0.25, 0.3) is 0 Å². The SMILES string of the molecule is O=[N+]([O-])c1c(NCCN2CCOCC2)ncnc1Nc1ccncc1. The van der Waals surface area contributed by atoms with Crippen LogP contribution in [0.2, 0.25) is 0 Å². The van der Waals surface area contributed by atoms with Crippen molar-refractivity contribution in [2.45, 2.75) is 0 Å². The predicted octanol–water partition coefficient (Wildman–Crippen LogP) is 1.27. The third-order valence-corrected chi connectivity index (χ3v) is 3.77. The Morgan fingerprint density at radius 3 is 2.64 bits per heavy atom. The lowest BCUT2D eigenvalue weighted by molar-refractivity contribution is -0.383. The molecule has 10 heteroatoms.